The summed E-state index contributed by atoms with van der Waals surface area (Å²) in [6.45, 7) is 3.36. The Balaban J connectivity index is 2.05. The van der Waals surface area contributed by atoms with Gasteiger partial charge in [0.05, 0.1) is 6.42 Å². The lowest BCUT2D eigenvalue weighted by Crippen LogP contribution is -2.32. The smallest absolute Gasteiger partial charge is 0.227 e. The Kier molecular flexibility index (Phi) is 5.50. The summed E-state index contributed by atoms with van der Waals surface area (Å²) in [5.74, 6) is -0.267. The van der Waals surface area contributed by atoms with Crippen molar-refractivity contribution in [2.24, 2.45) is 0 Å². The van der Waals surface area contributed by atoms with E-state index in [2.05, 4.69) is 0 Å². The second kappa shape index (κ2) is 7.58. The molecule has 0 atom stereocenters. The molecule has 0 heterocycles. The van der Waals surface area contributed by atoms with Gasteiger partial charge in [0.1, 0.15) is 5.82 Å². The highest BCUT2D eigenvalue weighted by molar-refractivity contribution is 5.78. The van der Waals surface area contributed by atoms with Gasteiger partial charge in [-0.15, -0.1) is 0 Å². The summed E-state index contributed by atoms with van der Waals surface area (Å²) in [6.07, 6.45) is 1.15. The lowest BCUT2D eigenvalue weighted by Gasteiger charge is -2.22. The number of benzene rings is 2. The van der Waals surface area contributed by atoms with E-state index in [4.69, 9.17) is 0 Å². The lowest BCUT2D eigenvalue weighted by atomic mass is 10.1. The highest BCUT2D eigenvalue weighted by atomic mass is 19.1. The van der Waals surface area contributed by atoms with Crippen LogP contribution in [0, 0.1) is 5.82 Å². The van der Waals surface area contributed by atoms with Gasteiger partial charge >= 0.3 is 0 Å². The van der Waals surface area contributed by atoms with Gasteiger partial charge in [-0.25, -0.2) is 4.39 Å². The fourth-order valence-electron chi connectivity index (χ4n) is 2.30. The second-order valence-electron chi connectivity index (χ2n) is 5.11. The minimum Gasteiger partial charge on any atom is -0.338 e. The first-order valence-electron chi connectivity index (χ1n) is 7.25. The molecule has 3 heteroatoms. The van der Waals surface area contributed by atoms with Crippen molar-refractivity contribution in [3.8, 4) is 0 Å². The number of hydrogen-bond donors (Lipinski definition) is 0. The molecule has 1 amide bonds. The van der Waals surface area contributed by atoms with E-state index in [9.17, 15) is 9.18 Å². The molecule has 2 nitrogen and oxygen atoms in total. The second-order valence-corrected chi connectivity index (χ2v) is 5.11. The third-order valence-corrected chi connectivity index (χ3v) is 3.31. The Morgan fingerprint density at radius 2 is 1.76 bits per heavy atom. The summed E-state index contributed by atoms with van der Waals surface area (Å²) in [5, 5.41) is 0. The first-order valence-corrected chi connectivity index (χ1v) is 7.25. The molecular weight excluding hydrogens is 265 g/mol. The van der Waals surface area contributed by atoms with Gasteiger partial charge in [-0.3, -0.25) is 4.79 Å². The molecule has 0 aliphatic rings. The Morgan fingerprint density at radius 1 is 1.05 bits per heavy atom. The van der Waals surface area contributed by atoms with Gasteiger partial charge in [0.25, 0.3) is 0 Å². The minimum absolute atomic E-state index is 0.0336. The number of carbonyl (C=O) groups is 1. The summed E-state index contributed by atoms with van der Waals surface area (Å²) < 4.78 is 13.2. The first-order chi connectivity index (χ1) is 10.2. The molecule has 2 aromatic rings. The lowest BCUT2D eigenvalue weighted by molar-refractivity contribution is -0.131. The number of hydrogen-bond acceptors (Lipinski definition) is 1. The van der Waals surface area contributed by atoms with E-state index in [1.165, 1.54) is 12.1 Å². The zero-order valence-electron chi connectivity index (χ0n) is 12.3. The van der Waals surface area contributed by atoms with Crippen molar-refractivity contribution in [2.75, 3.05) is 6.54 Å². The monoisotopic (exact) mass is 285 g/mol. The average molecular weight is 285 g/mol. The van der Waals surface area contributed by atoms with E-state index in [0.29, 0.717) is 18.7 Å². The van der Waals surface area contributed by atoms with Crippen LogP contribution in [0.2, 0.25) is 0 Å². The van der Waals surface area contributed by atoms with E-state index in [1.807, 2.05) is 42.2 Å². The molecule has 2 rings (SSSR count). The number of nitrogens with zero attached hydrogens (tertiary/aromatic N) is 1. The number of carbonyl (C=O) groups excluding carboxylic acids is 1. The van der Waals surface area contributed by atoms with Crippen molar-refractivity contribution in [3.05, 3.63) is 71.5 Å². The van der Waals surface area contributed by atoms with Gasteiger partial charge < -0.3 is 4.90 Å². The van der Waals surface area contributed by atoms with Crippen LogP contribution in [0.1, 0.15) is 24.5 Å². The fourth-order valence-corrected chi connectivity index (χ4v) is 2.30. The maximum Gasteiger partial charge on any atom is 0.227 e. The SMILES string of the molecule is CCCN(Cc1ccccc1)C(=O)Cc1cccc(F)c1. The topological polar surface area (TPSA) is 20.3 Å². The highest BCUT2D eigenvalue weighted by Crippen LogP contribution is 2.10. The molecule has 0 saturated heterocycles. The van der Waals surface area contributed by atoms with Crippen LogP contribution in [0.3, 0.4) is 0 Å². The van der Waals surface area contributed by atoms with Crippen molar-refractivity contribution in [2.45, 2.75) is 26.3 Å². The number of amides is 1. The van der Waals surface area contributed by atoms with Crippen molar-refractivity contribution >= 4 is 5.91 Å². The zero-order valence-corrected chi connectivity index (χ0v) is 12.3. The molecule has 0 aliphatic heterocycles. The molecule has 0 unspecified atom stereocenters. The van der Waals surface area contributed by atoms with Crippen LogP contribution < -0.4 is 0 Å². The molecule has 2 aromatic carbocycles. The summed E-state index contributed by atoms with van der Waals surface area (Å²) in [7, 11) is 0. The quantitative estimate of drug-likeness (QED) is 0.790. The van der Waals surface area contributed by atoms with Gasteiger partial charge in [0, 0.05) is 13.1 Å². The third kappa shape index (κ3) is 4.71. The van der Waals surface area contributed by atoms with E-state index in [1.54, 1.807) is 12.1 Å². The highest BCUT2D eigenvalue weighted by Gasteiger charge is 2.14. The summed E-state index contributed by atoms with van der Waals surface area (Å²) in [6, 6.07) is 16.2. The molecule has 0 spiro atoms. The molecule has 21 heavy (non-hydrogen) atoms. The van der Waals surface area contributed by atoms with Crippen LogP contribution in [-0.4, -0.2) is 17.4 Å². The van der Waals surface area contributed by atoms with Crippen molar-refractivity contribution in [3.63, 3.8) is 0 Å². The van der Waals surface area contributed by atoms with Crippen LogP contribution >= 0.6 is 0 Å². The van der Waals surface area contributed by atoms with Crippen molar-refractivity contribution in [1.82, 2.24) is 4.90 Å². The predicted molar refractivity (Wildman–Crippen MR) is 82.3 cm³/mol. The minimum atomic E-state index is -0.301. The van der Waals surface area contributed by atoms with E-state index in [0.717, 1.165) is 12.0 Å². The Bertz CT molecular complexity index is 583. The van der Waals surface area contributed by atoms with Gasteiger partial charge in [-0.1, -0.05) is 49.4 Å². The Hall–Kier alpha value is -2.16. The first kappa shape index (κ1) is 15.2. The van der Waals surface area contributed by atoms with E-state index in [-0.39, 0.29) is 18.1 Å². The Morgan fingerprint density at radius 3 is 2.43 bits per heavy atom. The molecule has 0 saturated carbocycles. The van der Waals surface area contributed by atoms with Crippen LogP contribution in [0.15, 0.2) is 54.6 Å². The molecule has 0 radical (unpaired) electrons. The molecule has 0 fully saturated rings. The van der Waals surface area contributed by atoms with Crippen LogP contribution in [0.25, 0.3) is 0 Å². The molecule has 0 aliphatic carbocycles. The predicted octanol–water partition coefficient (Wildman–Crippen LogP) is 3.81. The average Bonchev–Trinajstić information content (AvgIpc) is 2.48. The molecule has 0 bridgehead atoms. The molecule has 0 N–H and O–H groups in total. The van der Waals surface area contributed by atoms with Crippen LogP contribution in [0.5, 0.6) is 0 Å². The maximum absolute atomic E-state index is 13.2. The van der Waals surface area contributed by atoms with Gasteiger partial charge in [0.2, 0.25) is 5.91 Å². The van der Waals surface area contributed by atoms with Crippen LogP contribution in [0.4, 0.5) is 4.39 Å². The molecular formula is C18H20FNO. The standard InChI is InChI=1S/C18H20FNO/c1-2-11-20(14-15-7-4-3-5-8-15)18(21)13-16-9-6-10-17(19)12-16/h3-10,12H,2,11,13-14H2,1H3. The van der Waals surface area contributed by atoms with Crippen LogP contribution in [-0.2, 0) is 17.8 Å². The summed E-state index contributed by atoms with van der Waals surface area (Å²) in [5.41, 5.74) is 1.83. The van der Waals surface area contributed by atoms with Gasteiger partial charge in [-0.2, -0.15) is 0 Å². The van der Waals surface area contributed by atoms with Crippen molar-refractivity contribution < 1.29 is 9.18 Å². The normalized spacial score (nSPS) is 10.4. The Labute approximate surface area is 125 Å². The summed E-state index contributed by atoms with van der Waals surface area (Å²) in [4.78, 5) is 14.3. The maximum atomic E-state index is 13.2. The molecule has 110 valence electrons. The van der Waals surface area contributed by atoms with Crippen molar-refractivity contribution in [1.29, 1.82) is 0 Å². The van der Waals surface area contributed by atoms with E-state index >= 15 is 0 Å². The third-order valence-electron chi connectivity index (χ3n) is 3.31. The van der Waals surface area contributed by atoms with E-state index < -0.39 is 0 Å². The molecule has 0 aromatic heterocycles. The van der Waals surface area contributed by atoms with Gasteiger partial charge in [-0.05, 0) is 29.7 Å². The zero-order chi connectivity index (χ0) is 15.1. The fraction of sp³-hybridized carbons (Fsp3) is 0.278. The van der Waals surface area contributed by atoms with Gasteiger partial charge in [0.15, 0.2) is 0 Å². The largest absolute Gasteiger partial charge is 0.338 e. The number of halogens is 1. The number of rotatable bonds is 6. The summed E-state index contributed by atoms with van der Waals surface area (Å²) >= 11 is 0.